The van der Waals surface area contributed by atoms with Gasteiger partial charge in [-0.25, -0.2) is 4.79 Å². The quantitative estimate of drug-likeness (QED) is 0.698. The molecule has 5 heteroatoms. The highest BCUT2D eigenvalue weighted by molar-refractivity contribution is 5.95. The topological polar surface area (TPSA) is 57.5 Å². The van der Waals surface area contributed by atoms with Crippen molar-refractivity contribution >= 4 is 16.7 Å². The molecule has 0 N–H and O–H groups in total. The maximum Gasteiger partial charge on any atom is 0.337 e. The van der Waals surface area contributed by atoms with Crippen LogP contribution in [0.2, 0.25) is 0 Å². The number of hydrogen-bond acceptors (Lipinski definition) is 4. The van der Waals surface area contributed by atoms with Gasteiger partial charge >= 0.3 is 5.97 Å². The number of ether oxygens (including phenoxy) is 2. The summed E-state index contributed by atoms with van der Waals surface area (Å²) in [4.78, 5) is 24.4. The van der Waals surface area contributed by atoms with Crippen LogP contribution in [0.25, 0.3) is 16.5 Å². The molecular weight excluding hydrogens is 294 g/mol. The minimum Gasteiger partial charge on any atom is -0.497 e. The van der Waals surface area contributed by atoms with E-state index < -0.39 is 5.97 Å². The second-order valence-electron chi connectivity index (χ2n) is 4.98. The van der Waals surface area contributed by atoms with Gasteiger partial charge < -0.3 is 9.47 Å². The Morgan fingerprint density at radius 1 is 1.00 bits per heavy atom. The van der Waals surface area contributed by atoms with Gasteiger partial charge in [0.2, 0.25) is 0 Å². The van der Waals surface area contributed by atoms with Gasteiger partial charge in [0.15, 0.2) is 0 Å². The highest BCUT2D eigenvalue weighted by Gasteiger charge is 2.10. The molecule has 0 fully saturated rings. The number of carbonyl (C=O) groups is 1. The molecule has 0 saturated heterocycles. The van der Waals surface area contributed by atoms with Crippen molar-refractivity contribution in [2.24, 2.45) is 0 Å². The summed E-state index contributed by atoms with van der Waals surface area (Å²) in [5.41, 5.74) is 0.879. The molecule has 0 saturated carbocycles. The fraction of sp³-hybridized carbons (Fsp3) is 0.111. The monoisotopic (exact) mass is 309 g/mol. The van der Waals surface area contributed by atoms with E-state index >= 15 is 0 Å². The molecule has 0 atom stereocenters. The first-order valence-electron chi connectivity index (χ1n) is 7.02. The molecule has 0 bridgehead atoms. The molecule has 116 valence electrons. The Bertz CT molecular complexity index is 926. The molecule has 0 aliphatic heterocycles. The number of pyridine rings is 1. The average Bonchev–Trinajstić information content (AvgIpc) is 2.61. The van der Waals surface area contributed by atoms with Crippen molar-refractivity contribution in [1.29, 1.82) is 0 Å². The Morgan fingerprint density at radius 2 is 1.74 bits per heavy atom. The molecule has 2 aromatic carbocycles. The molecule has 0 spiro atoms. The number of benzene rings is 2. The molecule has 0 aliphatic carbocycles. The lowest BCUT2D eigenvalue weighted by atomic mass is 10.1. The van der Waals surface area contributed by atoms with Crippen molar-refractivity contribution in [2.75, 3.05) is 14.2 Å². The normalized spacial score (nSPS) is 10.5. The Labute approximate surface area is 132 Å². The maximum atomic E-state index is 12.7. The van der Waals surface area contributed by atoms with E-state index in [1.807, 2.05) is 6.07 Å². The van der Waals surface area contributed by atoms with Gasteiger partial charge in [0.25, 0.3) is 5.56 Å². The minimum absolute atomic E-state index is 0.196. The molecule has 3 aromatic rings. The van der Waals surface area contributed by atoms with E-state index in [-0.39, 0.29) is 5.56 Å². The number of rotatable bonds is 3. The van der Waals surface area contributed by atoms with Crippen molar-refractivity contribution in [3.8, 4) is 11.4 Å². The lowest BCUT2D eigenvalue weighted by Gasteiger charge is -2.09. The van der Waals surface area contributed by atoms with Crippen molar-refractivity contribution < 1.29 is 14.3 Å². The van der Waals surface area contributed by atoms with Crippen molar-refractivity contribution in [1.82, 2.24) is 4.57 Å². The predicted molar refractivity (Wildman–Crippen MR) is 87.4 cm³/mol. The number of fused-ring (bicyclic) bond motifs is 1. The van der Waals surface area contributed by atoms with Crippen LogP contribution < -0.4 is 10.3 Å². The van der Waals surface area contributed by atoms with E-state index in [9.17, 15) is 9.59 Å². The zero-order chi connectivity index (χ0) is 16.4. The third-order valence-electron chi connectivity index (χ3n) is 3.68. The number of nitrogens with zero attached hydrogens (tertiary/aromatic N) is 1. The van der Waals surface area contributed by atoms with Crippen LogP contribution in [0.5, 0.6) is 5.75 Å². The van der Waals surface area contributed by atoms with Gasteiger partial charge in [-0.1, -0.05) is 6.07 Å². The first-order chi connectivity index (χ1) is 11.1. The average molecular weight is 309 g/mol. The van der Waals surface area contributed by atoms with Crippen molar-refractivity contribution in [3.63, 3.8) is 0 Å². The zero-order valence-electron chi connectivity index (χ0n) is 12.8. The standard InChI is InChI=1S/C18H15NO4/c1-22-15-7-5-14(6-8-15)19-10-9-12-3-4-13(18(21)23-2)11-16(12)17(19)20/h3-11H,1-2H3. The van der Waals surface area contributed by atoms with Gasteiger partial charge in [-0.15, -0.1) is 0 Å². The summed E-state index contributed by atoms with van der Waals surface area (Å²) < 4.78 is 11.4. The van der Waals surface area contributed by atoms with E-state index in [2.05, 4.69) is 0 Å². The van der Waals surface area contributed by atoms with Crippen LogP contribution in [0.1, 0.15) is 10.4 Å². The number of methoxy groups -OCH3 is 2. The molecule has 3 rings (SSSR count). The lowest BCUT2D eigenvalue weighted by Crippen LogP contribution is -2.18. The van der Waals surface area contributed by atoms with Gasteiger partial charge in [-0.05, 0) is 47.9 Å². The predicted octanol–water partition coefficient (Wildman–Crippen LogP) is 2.79. The molecule has 0 aliphatic rings. The van der Waals surface area contributed by atoms with Crippen LogP contribution in [0, 0.1) is 0 Å². The summed E-state index contributed by atoms with van der Waals surface area (Å²) in [5, 5.41) is 1.23. The van der Waals surface area contributed by atoms with Crippen molar-refractivity contribution in [2.45, 2.75) is 0 Å². The summed E-state index contributed by atoms with van der Waals surface area (Å²) in [6.07, 6.45) is 1.71. The Kier molecular flexibility index (Phi) is 3.85. The van der Waals surface area contributed by atoms with Gasteiger partial charge in [-0.2, -0.15) is 0 Å². The van der Waals surface area contributed by atoms with Gasteiger partial charge in [0.05, 0.1) is 19.8 Å². The number of esters is 1. The van der Waals surface area contributed by atoms with E-state index in [1.165, 1.54) is 11.7 Å². The highest BCUT2D eigenvalue weighted by atomic mass is 16.5. The molecule has 1 heterocycles. The van der Waals surface area contributed by atoms with Crippen LogP contribution in [0.3, 0.4) is 0 Å². The first-order valence-corrected chi connectivity index (χ1v) is 7.02. The first kappa shape index (κ1) is 14.8. The smallest absolute Gasteiger partial charge is 0.337 e. The maximum absolute atomic E-state index is 12.7. The third kappa shape index (κ3) is 2.68. The summed E-state index contributed by atoms with van der Waals surface area (Å²) in [6, 6.07) is 14.0. The van der Waals surface area contributed by atoms with Crippen LogP contribution in [0.15, 0.2) is 59.5 Å². The molecule has 0 unspecified atom stereocenters. The fourth-order valence-corrected chi connectivity index (χ4v) is 2.43. The minimum atomic E-state index is -0.467. The summed E-state index contributed by atoms with van der Waals surface area (Å²) in [7, 11) is 2.90. The molecule has 23 heavy (non-hydrogen) atoms. The molecule has 0 amide bonds. The Balaban J connectivity index is 2.16. The van der Waals surface area contributed by atoms with E-state index in [1.54, 1.807) is 55.8 Å². The van der Waals surface area contributed by atoms with Crippen LogP contribution in [-0.4, -0.2) is 24.8 Å². The number of hydrogen-bond donors (Lipinski definition) is 0. The van der Waals surface area contributed by atoms with E-state index in [0.717, 1.165) is 16.8 Å². The SMILES string of the molecule is COC(=O)c1ccc2ccn(-c3ccc(OC)cc3)c(=O)c2c1. The Hall–Kier alpha value is -3.08. The number of aromatic nitrogens is 1. The van der Waals surface area contributed by atoms with Crippen LogP contribution in [-0.2, 0) is 4.74 Å². The van der Waals surface area contributed by atoms with Gasteiger partial charge in [0.1, 0.15) is 5.75 Å². The second kappa shape index (κ2) is 5.96. The third-order valence-corrected chi connectivity index (χ3v) is 3.68. The second-order valence-corrected chi connectivity index (χ2v) is 4.98. The lowest BCUT2D eigenvalue weighted by molar-refractivity contribution is 0.0601. The molecule has 1 aromatic heterocycles. The van der Waals surface area contributed by atoms with Gasteiger partial charge in [0, 0.05) is 17.3 Å². The molecular formula is C18H15NO4. The zero-order valence-corrected chi connectivity index (χ0v) is 12.8. The highest BCUT2D eigenvalue weighted by Crippen LogP contribution is 2.17. The summed E-state index contributed by atoms with van der Waals surface area (Å²) in [5.74, 6) is 0.252. The fourth-order valence-electron chi connectivity index (χ4n) is 2.43. The summed E-state index contributed by atoms with van der Waals surface area (Å²) >= 11 is 0. The molecule has 0 radical (unpaired) electrons. The van der Waals surface area contributed by atoms with Gasteiger partial charge in [-0.3, -0.25) is 9.36 Å². The van der Waals surface area contributed by atoms with E-state index in [4.69, 9.17) is 9.47 Å². The van der Waals surface area contributed by atoms with Crippen LogP contribution >= 0.6 is 0 Å². The Morgan fingerprint density at radius 3 is 2.39 bits per heavy atom. The van der Waals surface area contributed by atoms with Crippen molar-refractivity contribution in [3.05, 3.63) is 70.6 Å². The van der Waals surface area contributed by atoms with Crippen LogP contribution in [0.4, 0.5) is 0 Å². The molecule has 5 nitrogen and oxygen atoms in total. The number of carbonyl (C=O) groups excluding carboxylic acids is 1. The largest absolute Gasteiger partial charge is 0.497 e. The summed E-state index contributed by atoms with van der Waals surface area (Å²) in [6.45, 7) is 0. The van der Waals surface area contributed by atoms with E-state index in [0.29, 0.717) is 10.9 Å².